The van der Waals surface area contributed by atoms with Gasteiger partial charge < -0.3 is 0 Å². The Morgan fingerprint density at radius 1 is 0.885 bits per heavy atom. The maximum Gasteiger partial charge on any atom is 0.259 e. The molecule has 0 N–H and O–H groups in total. The van der Waals surface area contributed by atoms with Crippen molar-refractivity contribution < 1.29 is 9.85 Å². The number of hydrogen-bond donors (Lipinski definition) is 0. The van der Waals surface area contributed by atoms with Crippen LogP contribution in [0.2, 0.25) is 0 Å². The van der Waals surface area contributed by atoms with Crippen LogP contribution in [0.5, 0.6) is 0 Å². The van der Waals surface area contributed by atoms with Crippen LogP contribution in [-0.4, -0.2) is 16.4 Å². The average molecular weight is 350 g/mol. The number of nitrogens with zero attached hydrogens (tertiary/aromatic N) is 2. The molecule has 6 heteroatoms. The van der Waals surface area contributed by atoms with E-state index in [1.54, 1.807) is 12.2 Å². The molecule has 0 fully saturated rings. The number of rotatable bonds is 8. The minimum absolute atomic E-state index is 0.221. The second-order valence-electron chi connectivity index (χ2n) is 5.51. The van der Waals surface area contributed by atoms with Crippen LogP contribution in [0, 0.1) is 26.1 Å². The molecule has 0 saturated carbocycles. The van der Waals surface area contributed by atoms with Crippen LogP contribution < -0.4 is 0 Å². The van der Waals surface area contributed by atoms with Gasteiger partial charge >= 0.3 is 0 Å². The maximum absolute atomic E-state index is 11.4. The third kappa shape index (κ3) is 6.16. The first-order valence-corrected chi connectivity index (χ1v) is 7.99. The van der Waals surface area contributed by atoms with Crippen molar-refractivity contribution in [3.05, 3.63) is 116 Å². The summed E-state index contributed by atoms with van der Waals surface area (Å²) >= 11 is 0. The van der Waals surface area contributed by atoms with Gasteiger partial charge in [-0.2, -0.15) is 0 Å². The normalized spacial score (nSPS) is 13.2. The second kappa shape index (κ2) is 9.68. The summed E-state index contributed by atoms with van der Waals surface area (Å²) in [4.78, 5) is 21.3. The number of nitro groups is 2. The van der Waals surface area contributed by atoms with Gasteiger partial charge in [-0.05, 0) is 11.1 Å². The molecular formula is C20H18N2O4. The molecule has 0 radical (unpaired) electrons. The summed E-state index contributed by atoms with van der Waals surface area (Å²) in [5.41, 5.74) is 1.49. The summed E-state index contributed by atoms with van der Waals surface area (Å²) in [7, 11) is 0. The van der Waals surface area contributed by atoms with Crippen molar-refractivity contribution >= 4 is 12.2 Å². The lowest BCUT2D eigenvalue weighted by molar-refractivity contribution is -0.497. The van der Waals surface area contributed by atoms with E-state index in [1.807, 2.05) is 60.7 Å². The molecule has 0 aromatic heterocycles. The fourth-order valence-electron chi connectivity index (χ4n) is 2.35. The van der Waals surface area contributed by atoms with Crippen LogP contribution in [-0.2, 0) is 0 Å². The van der Waals surface area contributed by atoms with E-state index in [0.717, 1.165) is 11.1 Å². The molecule has 0 heterocycles. The van der Waals surface area contributed by atoms with Gasteiger partial charge in [-0.1, -0.05) is 85.0 Å². The standard InChI is InChI=1S/C20H18N2O4/c23-21(24)16-19(15-14-18-10-5-2-6-11-18)20(22(25)26)13-7-12-17-8-3-1-4-9-17/h1-15,19H,16H2/b12-7+,15-14+,20-13+. The summed E-state index contributed by atoms with van der Waals surface area (Å²) in [5.74, 6) is -0.930. The van der Waals surface area contributed by atoms with E-state index in [0.29, 0.717) is 0 Å². The van der Waals surface area contributed by atoms with Crippen LogP contribution in [0.4, 0.5) is 0 Å². The summed E-state index contributed by atoms with van der Waals surface area (Å²) in [6, 6.07) is 18.5. The molecule has 0 spiro atoms. The lowest BCUT2D eigenvalue weighted by atomic mass is 10.0. The molecule has 132 valence electrons. The van der Waals surface area contributed by atoms with Crippen LogP contribution >= 0.6 is 0 Å². The molecule has 2 rings (SSSR count). The Kier molecular flexibility index (Phi) is 7.00. The smallest absolute Gasteiger partial charge is 0.259 e. The molecule has 6 nitrogen and oxygen atoms in total. The van der Waals surface area contributed by atoms with E-state index in [4.69, 9.17) is 0 Å². The van der Waals surface area contributed by atoms with Gasteiger partial charge in [-0.3, -0.25) is 20.2 Å². The highest BCUT2D eigenvalue weighted by Gasteiger charge is 2.26. The SMILES string of the molecule is O=[N+]([O-])CC(/C=C/c1ccccc1)/C(=C\C=C\c1ccccc1)[N+](=O)[O-]. The molecule has 0 bridgehead atoms. The maximum atomic E-state index is 11.4. The van der Waals surface area contributed by atoms with Gasteiger partial charge in [0.15, 0.2) is 0 Å². The first-order valence-electron chi connectivity index (χ1n) is 7.99. The fraction of sp³-hybridized carbons (Fsp3) is 0.100. The Morgan fingerprint density at radius 3 is 1.92 bits per heavy atom. The summed E-state index contributed by atoms with van der Waals surface area (Å²) < 4.78 is 0. The zero-order valence-corrected chi connectivity index (χ0v) is 14.0. The minimum Gasteiger partial charge on any atom is -0.265 e. The first kappa shape index (κ1) is 18.8. The number of allylic oxidation sites excluding steroid dienone is 2. The third-order valence-corrected chi connectivity index (χ3v) is 3.61. The number of benzene rings is 2. The topological polar surface area (TPSA) is 86.3 Å². The first-order chi connectivity index (χ1) is 12.6. The molecule has 1 atom stereocenters. The lowest BCUT2D eigenvalue weighted by Crippen LogP contribution is -2.19. The van der Waals surface area contributed by atoms with E-state index in [9.17, 15) is 20.2 Å². The quantitative estimate of drug-likeness (QED) is 0.399. The van der Waals surface area contributed by atoms with Crippen molar-refractivity contribution in [1.82, 2.24) is 0 Å². The third-order valence-electron chi connectivity index (χ3n) is 3.61. The predicted molar refractivity (Wildman–Crippen MR) is 101 cm³/mol. The van der Waals surface area contributed by atoms with Gasteiger partial charge in [0.1, 0.15) is 5.92 Å². The van der Waals surface area contributed by atoms with Gasteiger partial charge in [0.2, 0.25) is 6.54 Å². The lowest BCUT2D eigenvalue weighted by Gasteiger charge is -2.05. The molecule has 2 aromatic rings. The highest BCUT2D eigenvalue weighted by atomic mass is 16.6. The van der Waals surface area contributed by atoms with Crippen molar-refractivity contribution in [3.63, 3.8) is 0 Å². The van der Waals surface area contributed by atoms with E-state index in [2.05, 4.69) is 0 Å². The van der Waals surface area contributed by atoms with E-state index < -0.39 is 22.3 Å². The molecule has 26 heavy (non-hydrogen) atoms. The van der Waals surface area contributed by atoms with Gasteiger partial charge in [0, 0.05) is 11.0 Å². The Hall–Kier alpha value is -3.54. The molecular weight excluding hydrogens is 332 g/mol. The monoisotopic (exact) mass is 350 g/mol. The Balaban J connectivity index is 2.26. The van der Waals surface area contributed by atoms with Crippen molar-refractivity contribution in [2.75, 3.05) is 6.54 Å². The molecule has 0 aliphatic rings. The highest BCUT2D eigenvalue weighted by Crippen LogP contribution is 2.17. The molecule has 2 aromatic carbocycles. The molecule has 0 amide bonds. The van der Waals surface area contributed by atoms with Crippen molar-refractivity contribution in [1.29, 1.82) is 0 Å². The van der Waals surface area contributed by atoms with E-state index >= 15 is 0 Å². The minimum atomic E-state index is -0.930. The average Bonchev–Trinajstić information content (AvgIpc) is 2.63. The Morgan fingerprint density at radius 2 is 1.42 bits per heavy atom. The summed E-state index contributed by atoms with van der Waals surface area (Å²) in [6.07, 6.45) is 7.73. The largest absolute Gasteiger partial charge is 0.265 e. The zero-order chi connectivity index (χ0) is 18.8. The van der Waals surface area contributed by atoms with Crippen molar-refractivity contribution in [2.45, 2.75) is 0 Å². The van der Waals surface area contributed by atoms with Crippen LogP contribution in [0.1, 0.15) is 11.1 Å². The van der Waals surface area contributed by atoms with Crippen molar-refractivity contribution in [2.24, 2.45) is 5.92 Å². The molecule has 0 aliphatic heterocycles. The summed E-state index contributed by atoms with van der Waals surface area (Å²) in [6.45, 7) is -0.546. The predicted octanol–water partition coefficient (Wildman–Crippen LogP) is 4.47. The second-order valence-corrected chi connectivity index (χ2v) is 5.51. The Bertz CT molecular complexity index is 827. The van der Waals surface area contributed by atoms with Gasteiger partial charge in [0.05, 0.1) is 4.92 Å². The summed E-state index contributed by atoms with van der Waals surface area (Å²) in [5, 5.41) is 22.4. The molecule has 1 unspecified atom stereocenters. The zero-order valence-electron chi connectivity index (χ0n) is 14.0. The molecule has 0 aliphatic carbocycles. The van der Waals surface area contributed by atoms with Crippen molar-refractivity contribution in [3.8, 4) is 0 Å². The Labute approximate surface area is 151 Å². The van der Waals surface area contributed by atoms with Crippen LogP contribution in [0.3, 0.4) is 0 Å². The van der Waals surface area contributed by atoms with Gasteiger partial charge in [0.25, 0.3) is 5.70 Å². The number of hydrogen-bond acceptors (Lipinski definition) is 4. The van der Waals surface area contributed by atoms with Crippen LogP contribution in [0.15, 0.2) is 84.6 Å². The van der Waals surface area contributed by atoms with Gasteiger partial charge in [-0.25, -0.2) is 0 Å². The van der Waals surface area contributed by atoms with E-state index in [1.165, 1.54) is 18.2 Å². The van der Waals surface area contributed by atoms with Crippen LogP contribution in [0.25, 0.3) is 12.2 Å². The van der Waals surface area contributed by atoms with E-state index in [-0.39, 0.29) is 5.70 Å². The molecule has 0 saturated heterocycles. The van der Waals surface area contributed by atoms with Gasteiger partial charge in [-0.15, -0.1) is 0 Å². The highest BCUT2D eigenvalue weighted by molar-refractivity contribution is 5.52. The fourth-order valence-corrected chi connectivity index (χ4v) is 2.35.